The number of cyclic esters (lactones) is 1. The average molecular weight is 871 g/mol. The number of anilines is 1. The molecule has 2 N–H and O–H groups in total. The van der Waals surface area contributed by atoms with Gasteiger partial charge in [0.1, 0.15) is 24.0 Å². The second-order valence-corrected chi connectivity index (χ2v) is 18.7. The molecule has 1 amide bonds. The zero-order valence-corrected chi connectivity index (χ0v) is 38.7. The molecule has 1 aliphatic carbocycles. The topological polar surface area (TPSA) is 175 Å². The third-order valence-electron chi connectivity index (χ3n) is 14.2. The number of carbonyl (C=O) groups excluding carboxylic acids is 4. The molecule has 0 radical (unpaired) electrons. The highest BCUT2D eigenvalue weighted by Gasteiger charge is 2.56. The molecule has 0 spiro atoms. The summed E-state index contributed by atoms with van der Waals surface area (Å²) >= 11 is 0. The monoisotopic (exact) mass is 871 g/mol. The molecular weight excluding hydrogens is 797 g/mol. The molecule has 1 saturated carbocycles. The first-order valence-electron chi connectivity index (χ1n) is 22.8. The number of amides is 1. The minimum atomic E-state index is -2.50. The summed E-state index contributed by atoms with van der Waals surface area (Å²) in [5, 5.41) is 23.9. The highest BCUT2D eigenvalue weighted by atomic mass is 16.7. The minimum Gasteiger partial charge on any atom is -0.456 e. The predicted molar refractivity (Wildman–Crippen MR) is 233 cm³/mol. The molecule has 1 aromatic rings. The van der Waals surface area contributed by atoms with Gasteiger partial charge in [0.25, 0.3) is 11.7 Å². The molecule has 0 aromatic carbocycles. The van der Waals surface area contributed by atoms with Crippen LogP contribution in [0.3, 0.4) is 0 Å². The lowest BCUT2D eigenvalue weighted by molar-refractivity contribution is -0.302. The standard InChI is InChI=1S/C48H74N2O12/c1-11-34-22-28(2)21-29(3)23-40(58-9)44-41(59-10)25-31(5)48(56,62-44)45(53)46(54)50-19-13-12-15-36(50)47(55)61-43(32(6)37(51)27-38(34)52)30(4)24-33-17-18-35(39(26-33)57-8)49(7)42-16-14-20-60-42/h14,16,20,22,24,29,31-37,39-41,43-44,51,56H,11-13,15,17-19,21,23,25-27H2,1-10H3. The zero-order chi connectivity index (χ0) is 45.5. The fourth-order valence-electron chi connectivity index (χ4n) is 10.5. The first-order chi connectivity index (χ1) is 29.5. The molecule has 348 valence electrons. The number of ketones is 2. The van der Waals surface area contributed by atoms with Crippen molar-refractivity contribution >= 4 is 29.3 Å². The summed E-state index contributed by atoms with van der Waals surface area (Å²) in [4.78, 5) is 60.4. The number of methoxy groups -OCH3 is 3. The van der Waals surface area contributed by atoms with E-state index >= 15 is 0 Å². The van der Waals surface area contributed by atoms with Crippen molar-refractivity contribution in [3.05, 3.63) is 41.7 Å². The van der Waals surface area contributed by atoms with Crippen LogP contribution in [0.4, 0.5) is 5.88 Å². The third kappa shape index (κ3) is 11.3. The normalized spacial score (nSPS) is 37.8. The van der Waals surface area contributed by atoms with Gasteiger partial charge in [0.15, 0.2) is 5.88 Å². The van der Waals surface area contributed by atoms with Gasteiger partial charge in [0.2, 0.25) is 5.79 Å². The van der Waals surface area contributed by atoms with E-state index in [9.17, 15) is 29.4 Å². The molecule has 14 unspecified atom stereocenters. The summed E-state index contributed by atoms with van der Waals surface area (Å²) in [6.07, 6.45) is 6.88. The van der Waals surface area contributed by atoms with E-state index in [4.69, 9.17) is 28.1 Å². The molecule has 14 atom stereocenters. The van der Waals surface area contributed by atoms with Crippen LogP contribution in [0.25, 0.3) is 0 Å². The average Bonchev–Trinajstić information content (AvgIpc) is 3.81. The number of carbonyl (C=O) groups is 4. The molecule has 14 heteroatoms. The Morgan fingerprint density at radius 2 is 1.66 bits per heavy atom. The van der Waals surface area contributed by atoms with E-state index in [1.54, 1.807) is 27.2 Å². The fraction of sp³-hybridized carbons (Fsp3) is 0.750. The number of aliphatic hydroxyl groups is 2. The Morgan fingerprint density at radius 3 is 2.31 bits per heavy atom. The van der Waals surface area contributed by atoms with Gasteiger partial charge in [-0.25, -0.2) is 4.79 Å². The molecule has 2 bridgehead atoms. The van der Waals surface area contributed by atoms with Crippen molar-refractivity contribution in [1.82, 2.24) is 4.90 Å². The predicted octanol–water partition coefficient (Wildman–Crippen LogP) is 6.21. The van der Waals surface area contributed by atoms with Gasteiger partial charge in [-0.15, -0.1) is 0 Å². The van der Waals surface area contributed by atoms with Gasteiger partial charge < -0.3 is 48.1 Å². The number of likely N-dealkylation sites (N-methyl/N-ethyl adjacent to an activating group) is 1. The van der Waals surface area contributed by atoms with Gasteiger partial charge in [-0.2, -0.15) is 0 Å². The second kappa shape index (κ2) is 22.0. The maximum absolute atomic E-state index is 14.5. The van der Waals surface area contributed by atoms with Crippen LogP contribution in [0.15, 0.2) is 46.1 Å². The molecular formula is C48H74N2O12. The lowest BCUT2D eigenvalue weighted by Crippen LogP contribution is -2.64. The molecule has 1 aromatic heterocycles. The van der Waals surface area contributed by atoms with Gasteiger partial charge in [-0.1, -0.05) is 45.4 Å². The second-order valence-electron chi connectivity index (χ2n) is 18.7. The molecule has 14 nitrogen and oxygen atoms in total. The maximum atomic E-state index is 14.5. The summed E-state index contributed by atoms with van der Waals surface area (Å²) in [5.74, 6) is -6.63. The number of ether oxygens (including phenoxy) is 5. The fourth-order valence-corrected chi connectivity index (χ4v) is 10.5. The smallest absolute Gasteiger partial charge is 0.329 e. The number of esters is 1. The number of aliphatic hydroxyl groups excluding tert-OH is 1. The quantitative estimate of drug-likeness (QED) is 0.172. The minimum absolute atomic E-state index is 0.0355. The number of hydrogen-bond donors (Lipinski definition) is 2. The third-order valence-corrected chi connectivity index (χ3v) is 14.2. The summed E-state index contributed by atoms with van der Waals surface area (Å²) < 4.78 is 36.1. The largest absolute Gasteiger partial charge is 0.456 e. The molecule has 2 saturated heterocycles. The van der Waals surface area contributed by atoms with Gasteiger partial charge in [-0.05, 0) is 102 Å². The number of rotatable bonds is 8. The van der Waals surface area contributed by atoms with Crippen LogP contribution in [0.5, 0.6) is 0 Å². The van der Waals surface area contributed by atoms with Crippen LogP contribution in [-0.4, -0.2) is 128 Å². The van der Waals surface area contributed by atoms with E-state index in [-0.39, 0.29) is 55.6 Å². The highest BCUT2D eigenvalue weighted by Crippen LogP contribution is 2.40. The van der Waals surface area contributed by atoms with E-state index < -0.39 is 77.8 Å². The van der Waals surface area contributed by atoms with Gasteiger partial charge in [0, 0.05) is 65.2 Å². The van der Waals surface area contributed by atoms with Crippen molar-refractivity contribution in [1.29, 1.82) is 0 Å². The summed E-state index contributed by atoms with van der Waals surface area (Å²) in [6.45, 7) is 11.4. The Balaban J connectivity index is 1.50. The van der Waals surface area contributed by atoms with Crippen LogP contribution < -0.4 is 4.90 Å². The van der Waals surface area contributed by atoms with Crippen molar-refractivity contribution in [2.45, 2.75) is 167 Å². The van der Waals surface area contributed by atoms with Gasteiger partial charge in [0.05, 0.1) is 36.7 Å². The Hall–Kier alpha value is -3.40. The van der Waals surface area contributed by atoms with E-state index in [1.165, 1.54) is 19.1 Å². The number of nitrogens with zero attached hydrogens (tertiary/aromatic N) is 2. The maximum Gasteiger partial charge on any atom is 0.329 e. The van der Waals surface area contributed by atoms with Crippen molar-refractivity contribution in [2.75, 3.05) is 39.8 Å². The number of fused-ring (bicyclic) bond motifs is 3. The summed E-state index contributed by atoms with van der Waals surface area (Å²) in [7, 11) is 6.78. The lowest BCUT2D eigenvalue weighted by atomic mass is 9.80. The van der Waals surface area contributed by atoms with E-state index in [2.05, 4.69) is 17.9 Å². The SMILES string of the molecule is CCC1C=C(C)CC(C)CC(OC)C2OC(O)(C(=O)C(=O)N3CCCCC3C(=O)OC(C(C)=CC3CCC(N(C)c4ccco4)C(OC)C3)C(C)C(O)CC1=O)C(C)CC2OC. The van der Waals surface area contributed by atoms with Crippen LogP contribution in [0.2, 0.25) is 0 Å². The van der Waals surface area contributed by atoms with E-state index in [0.717, 1.165) is 24.3 Å². The van der Waals surface area contributed by atoms with Crippen molar-refractivity contribution < 1.29 is 57.5 Å². The first kappa shape index (κ1) is 49.6. The van der Waals surface area contributed by atoms with Crippen molar-refractivity contribution in [3.63, 3.8) is 0 Å². The molecule has 5 rings (SSSR count). The molecule has 3 aliphatic heterocycles. The number of furan rings is 1. The van der Waals surface area contributed by atoms with Crippen LogP contribution >= 0.6 is 0 Å². The Bertz CT molecular complexity index is 1730. The number of Topliss-reactive ketones (excluding diaryl/α,β-unsaturated/α-hetero) is 2. The molecule has 4 heterocycles. The van der Waals surface area contributed by atoms with Crippen molar-refractivity contribution in [3.8, 4) is 0 Å². The van der Waals surface area contributed by atoms with Crippen LogP contribution in [0.1, 0.15) is 112 Å². The summed E-state index contributed by atoms with van der Waals surface area (Å²) in [6, 6.07) is 2.73. The van der Waals surface area contributed by atoms with E-state index in [0.29, 0.717) is 44.1 Å². The number of hydrogen-bond acceptors (Lipinski definition) is 13. The lowest BCUT2D eigenvalue weighted by Gasteiger charge is -2.47. The molecule has 62 heavy (non-hydrogen) atoms. The number of allylic oxidation sites excluding steroid dienone is 3. The van der Waals surface area contributed by atoms with Crippen LogP contribution in [0, 0.1) is 29.6 Å². The van der Waals surface area contributed by atoms with Gasteiger partial charge in [-0.3, -0.25) is 14.4 Å². The zero-order valence-electron chi connectivity index (χ0n) is 38.7. The van der Waals surface area contributed by atoms with Gasteiger partial charge >= 0.3 is 5.97 Å². The summed E-state index contributed by atoms with van der Waals surface area (Å²) in [5.41, 5.74) is 1.71. The Labute approximate surface area is 368 Å². The Kier molecular flexibility index (Phi) is 17.6. The first-order valence-corrected chi connectivity index (χ1v) is 22.8. The van der Waals surface area contributed by atoms with E-state index in [1.807, 2.05) is 46.0 Å². The molecule has 4 aliphatic rings. The Morgan fingerprint density at radius 1 is 0.968 bits per heavy atom. The highest BCUT2D eigenvalue weighted by molar-refractivity contribution is 6.39. The number of piperidine rings is 1. The molecule has 3 fully saturated rings. The van der Waals surface area contributed by atoms with Crippen molar-refractivity contribution in [2.24, 2.45) is 29.6 Å². The van der Waals surface area contributed by atoms with Crippen LogP contribution in [-0.2, 0) is 42.9 Å².